The Morgan fingerprint density at radius 1 is 1.35 bits per heavy atom. The zero-order valence-corrected chi connectivity index (χ0v) is 14.9. The maximum absolute atomic E-state index is 12.5. The molecule has 3 N–H and O–H groups in total. The highest BCUT2D eigenvalue weighted by molar-refractivity contribution is 9.11. The largest absolute Gasteiger partial charge is 0.398 e. The van der Waals surface area contributed by atoms with Crippen LogP contribution in [0.3, 0.4) is 0 Å². The molecule has 1 aromatic rings. The summed E-state index contributed by atoms with van der Waals surface area (Å²) in [5, 5.41) is 0. The third-order valence-corrected chi connectivity index (χ3v) is 6.33. The van der Waals surface area contributed by atoms with Gasteiger partial charge < -0.3 is 10.5 Å². The van der Waals surface area contributed by atoms with E-state index in [-0.39, 0.29) is 22.7 Å². The van der Waals surface area contributed by atoms with Gasteiger partial charge >= 0.3 is 0 Å². The summed E-state index contributed by atoms with van der Waals surface area (Å²) in [6, 6.07) is 3.13. The fourth-order valence-electron chi connectivity index (χ4n) is 2.40. The summed E-state index contributed by atoms with van der Waals surface area (Å²) in [6.45, 7) is 0. The second-order valence-electron chi connectivity index (χ2n) is 4.79. The van der Waals surface area contributed by atoms with Crippen LogP contribution in [0.15, 0.2) is 26.0 Å². The molecule has 1 aromatic carbocycles. The van der Waals surface area contributed by atoms with Gasteiger partial charge in [0, 0.05) is 22.1 Å². The highest BCUT2D eigenvalue weighted by Crippen LogP contribution is 2.32. The van der Waals surface area contributed by atoms with Crippen LogP contribution in [0.5, 0.6) is 0 Å². The number of benzene rings is 1. The summed E-state index contributed by atoms with van der Waals surface area (Å²) in [6.07, 6.45) is 2.43. The average molecular weight is 428 g/mol. The second kappa shape index (κ2) is 6.31. The Morgan fingerprint density at radius 3 is 2.60 bits per heavy atom. The van der Waals surface area contributed by atoms with Crippen molar-refractivity contribution in [1.82, 2.24) is 4.72 Å². The van der Waals surface area contributed by atoms with Gasteiger partial charge in [0.15, 0.2) is 0 Å². The molecular formula is C12H16Br2N2O3S. The molecule has 0 saturated heterocycles. The monoisotopic (exact) mass is 426 g/mol. The van der Waals surface area contributed by atoms with Gasteiger partial charge in [-0.15, -0.1) is 0 Å². The van der Waals surface area contributed by atoms with Crippen LogP contribution >= 0.6 is 31.9 Å². The third-order valence-electron chi connectivity index (χ3n) is 3.35. The van der Waals surface area contributed by atoms with E-state index in [0.29, 0.717) is 10.9 Å². The SMILES string of the molecule is COC1CCC(NS(=O)(=O)c2c(N)cc(Br)cc2Br)C1. The molecule has 1 saturated carbocycles. The van der Waals surface area contributed by atoms with Crippen molar-refractivity contribution in [2.24, 2.45) is 0 Å². The van der Waals surface area contributed by atoms with E-state index in [9.17, 15) is 8.42 Å². The van der Waals surface area contributed by atoms with Gasteiger partial charge in [0.25, 0.3) is 0 Å². The van der Waals surface area contributed by atoms with Crippen molar-refractivity contribution >= 4 is 47.6 Å². The Labute approximate surface area is 135 Å². The maximum Gasteiger partial charge on any atom is 0.243 e. The van der Waals surface area contributed by atoms with Crippen molar-refractivity contribution in [3.63, 3.8) is 0 Å². The number of sulfonamides is 1. The van der Waals surface area contributed by atoms with Crippen molar-refractivity contribution in [2.75, 3.05) is 12.8 Å². The molecule has 5 nitrogen and oxygen atoms in total. The zero-order valence-electron chi connectivity index (χ0n) is 10.9. The molecule has 0 heterocycles. The zero-order chi connectivity index (χ0) is 14.9. The van der Waals surface area contributed by atoms with Crippen LogP contribution in [0, 0.1) is 0 Å². The minimum absolute atomic E-state index is 0.0848. The lowest BCUT2D eigenvalue weighted by atomic mass is 10.3. The summed E-state index contributed by atoms with van der Waals surface area (Å²) in [5.41, 5.74) is 6.04. The Bertz CT molecular complexity index is 584. The first kappa shape index (κ1) is 16.2. The first-order valence-electron chi connectivity index (χ1n) is 6.13. The minimum atomic E-state index is -3.65. The molecule has 2 rings (SSSR count). The van der Waals surface area contributed by atoms with Crippen LogP contribution in [0.1, 0.15) is 19.3 Å². The Hall–Kier alpha value is -0.150. The van der Waals surface area contributed by atoms with Gasteiger partial charge in [-0.3, -0.25) is 0 Å². The molecule has 2 unspecified atom stereocenters. The number of rotatable bonds is 4. The molecule has 0 bridgehead atoms. The van der Waals surface area contributed by atoms with Crippen LogP contribution in [0.2, 0.25) is 0 Å². The number of halogens is 2. The van der Waals surface area contributed by atoms with Gasteiger partial charge in [-0.25, -0.2) is 13.1 Å². The van der Waals surface area contributed by atoms with Gasteiger partial charge in [-0.05, 0) is 47.3 Å². The average Bonchev–Trinajstić information content (AvgIpc) is 2.73. The molecule has 112 valence electrons. The van der Waals surface area contributed by atoms with Crippen molar-refractivity contribution < 1.29 is 13.2 Å². The summed E-state index contributed by atoms with van der Waals surface area (Å²) in [5.74, 6) is 0. The number of nitrogen functional groups attached to an aromatic ring is 1. The third kappa shape index (κ3) is 3.54. The molecule has 1 aliphatic carbocycles. The first-order chi connectivity index (χ1) is 9.33. The predicted octanol–water partition coefficient (Wildman–Crippen LogP) is 2.64. The van der Waals surface area contributed by atoms with Crippen LogP contribution < -0.4 is 10.5 Å². The van der Waals surface area contributed by atoms with Crippen molar-refractivity contribution in [3.8, 4) is 0 Å². The highest BCUT2D eigenvalue weighted by atomic mass is 79.9. The van der Waals surface area contributed by atoms with Gasteiger partial charge in [-0.2, -0.15) is 0 Å². The fourth-order valence-corrected chi connectivity index (χ4v) is 5.76. The summed E-state index contributed by atoms with van der Waals surface area (Å²) in [4.78, 5) is 0.0848. The van der Waals surface area contributed by atoms with Crippen LogP contribution in [-0.4, -0.2) is 27.7 Å². The number of hydrogen-bond acceptors (Lipinski definition) is 4. The van der Waals surface area contributed by atoms with Gasteiger partial charge in [0.2, 0.25) is 10.0 Å². The molecule has 0 radical (unpaired) electrons. The van der Waals surface area contributed by atoms with Crippen molar-refractivity contribution in [1.29, 1.82) is 0 Å². The molecule has 20 heavy (non-hydrogen) atoms. The van der Waals surface area contributed by atoms with Gasteiger partial charge in [0.05, 0.1) is 11.8 Å². The topological polar surface area (TPSA) is 81.4 Å². The Morgan fingerprint density at radius 2 is 2.05 bits per heavy atom. The van der Waals surface area contributed by atoms with E-state index in [2.05, 4.69) is 36.6 Å². The van der Waals surface area contributed by atoms with E-state index in [0.717, 1.165) is 17.3 Å². The fraction of sp³-hybridized carbons (Fsp3) is 0.500. The Balaban J connectivity index is 2.24. The lowest BCUT2D eigenvalue weighted by molar-refractivity contribution is 0.107. The van der Waals surface area contributed by atoms with E-state index in [4.69, 9.17) is 10.5 Å². The van der Waals surface area contributed by atoms with E-state index < -0.39 is 10.0 Å². The van der Waals surface area contributed by atoms with Crippen molar-refractivity contribution in [2.45, 2.75) is 36.3 Å². The standard InChI is InChI=1S/C12H16Br2N2O3S/c1-19-9-3-2-8(6-9)16-20(17,18)12-10(14)4-7(13)5-11(12)15/h4-5,8-9,16H,2-3,6,15H2,1H3. The molecule has 0 aromatic heterocycles. The maximum atomic E-state index is 12.5. The summed E-state index contributed by atoms with van der Waals surface area (Å²) < 4.78 is 34.0. The number of nitrogens with one attached hydrogen (secondary N) is 1. The molecule has 0 spiro atoms. The second-order valence-corrected chi connectivity index (χ2v) is 8.22. The molecule has 2 atom stereocenters. The molecular weight excluding hydrogens is 412 g/mol. The van der Waals surface area contributed by atoms with E-state index in [1.54, 1.807) is 19.2 Å². The molecule has 8 heteroatoms. The molecule has 0 aliphatic heterocycles. The molecule has 1 fully saturated rings. The molecule has 1 aliphatic rings. The normalized spacial score (nSPS) is 23.1. The summed E-state index contributed by atoms with van der Waals surface area (Å²) in [7, 11) is -2.01. The Kier molecular flexibility index (Phi) is 5.12. The van der Waals surface area contributed by atoms with E-state index in [1.165, 1.54) is 0 Å². The smallest absolute Gasteiger partial charge is 0.243 e. The van der Waals surface area contributed by atoms with E-state index >= 15 is 0 Å². The minimum Gasteiger partial charge on any atom is -0.398 e. The quantitative estimate of drug-likeness (QED) is 0.723. The number of methoxy groups -OCH3 is 1. The number of hydrogen-bond donors (Lipinski definition) is 2. The number of anilines is 1. The lowest BCUT2D eigenvalue weighted by Crippen LogP contribution is -2.34. The number of nitrogens with two attached hydrogens (primary N) is 1. The highest BCUT2D eigenvalue weighted by Gasteiger charge is 2.30. The van der Waals surface area contributed by atoms with Crippen LogP contribution in [0.4, 0.5) is 5.69 Å². The summed E-state index contributed by atoms with van der Waals surface area (Å²) >= 11 is 6.53. The van der Waals surface area contributed by atoms with Gasteiger partial charge in [0.1, 0.15) is 4.90 Å². The predicted molar refractivity (Wildman–Crippen MR) is 85.0 cm³/mol. The van der Waals surface area contributed by atoms with Crippen LogP contribution in [0.25, 0.3) is 0 Å². The van der Waals surface area contributed by atoms with Crippen molar-refractivity contribution in [3.05, 3.63) is 21.1 Å². The van der Waals surface area contributed by atoms with Crippen LogP contribution in [-0.2, 0) is 14.8 Å². The van der Waals surface area contributed by atoms with Gasteiger partial charge in [-0.1, -0.05) is 15.9 Å². The molecule has 0 amide bonds. The first-order valence-corrected chi connectivity index (χ1v) is 9.20. The lowest BCUT2D eigenvalue weighted by Gasteiger charge is -2.16. The number of ether oxygens (including phenoxy) is 1. The van der Waals surface area contributed by atoms with E-state index in [1.807, 2.05) is 0 Å².